The van der Waals surface area contributed by atoms with Crippen molar-refractivity contribution in [3.8, 4) is 24.2 Å². The highest BCUT2D eigenvalue weighted by Gasteiger charge is 2.07. The quantitative estimate of drug-likeness (QED) is 0.775. The van der Waals surface area contributed by atoms with E-state index in [2.05, 4.69) is 34.7 Å². The highest BCUT2D eigenvalue weighted by molar-refractivity contribution is 7.12. The minimum Gasteiger partial charge on any atom is -0.438 e. The van der Waals surface area contributed by atoms with E-state index in [1.807, 2.05) is 13.1 Å². The van der Waals surface area contributed by atoms with Crippen LogP contribution in [-0.4, -0.2) is 9.97 Å². The van der Waals surface area contributed by atoms with Crippen molar-refractivity contribution in [1.29, 1.82) is 0 Å². The van der Waals surface area contributed by atoms with Crippen molar-refractivity contribution in [1.82, 2.24) is 9.97 Å². The molecule has 3 nitrogen and oxygen atoms in total. The van der Waals surface area contributed by atoms with Gasteiger partial charge in [-0.15, -0.1) is 17.8 Å². The summed E-state index contributed by atoms with van der Waals surface area (Å²) in [7, 11) is 0. The molecule has 0 spiro atoms. The molecule has 18 heavy (non-hydrogen) atoms. The molecular weight excluding hydrogens is 244 g/mol. The average molecular weight is 256 g/mol. The number of rotatable bonds is 2. The van der Waals surface area contributed by atoms with Gasteiger partial charge in [0.15, 0.2) is 5.01 Å². The summed E-state index contributed by atoms with van der Waals surface area (Å²) in [5, 5.41) is 0.716. The summed E-state index contributed by atoms with van der Waals surface area (Å²) in [6.45, 7) is 3.97. The second-order valence-electron chi connectivity index (χ2n) is 3.91. The highest BCUT2D eigenvalue weighted by Crippen LogP contribution is 2.24. The van der Waals surface area contributed by atoms with Crippen LogP contribution >= 0.6 is 11.3 Å². The van der Waals surface area contributed by atoms with Gasteiger partial charge in [0.05, 0.1) is 5.69 Å². The first-order valence-corrected chi connectivity index (χ1v) is 6.34. The van der Waals surface area contributed by atoms with Crippen molar-refractivity contribution in [3.05, 3.63) is 33.9 Å². The summed E-state index contributed by atoms with van der Waals surface area (Å²) < 4.78 is 5.15. The zero-order valence-corrected chi connectivity index (χ0v) is 11.0. The van der Waals surface area contributed by atoms with Crippen LogP contribution in [0.15, 0.2) is 16.9 Å². The average Bonchev–Trinajstić information content (AvgIpc) is 2.98. The number of hydrogen-bond donors (Lipinski definition) is 0. The largest absolute Gasteiger partial charge is 0.438 e. The summed E-state index contributed by atoms with van der Waals surface area (Å²) in [6, 6.07) is 0. The number of oxazole rings is 1. The zero-order valence-electron chi connectivity index (χ0n) is 10.2. The molecule has 4 heteroatoms. The van der Waals surface area contributed by atoms with E-state index in [-0.39, 0.29) is 0 Å². The van der Waals surface area contributed by atoms with Crippen LogP contribution in [0.1, 0.15) is 40.7 Å². The van der Waals surface area contributed by atoms with E-state index >= 15 is 0 Å². The fourth-order valence-electron chi connectivity index (χ4n) is 1.37. The van der Waals surface area contributed by atoms with Gasteiger partial charge in [0.1, 0.15) is 6.26 Å². The number of aryl methyl sites for hydroxylation is 1. The highest BCUT2D eigenvalue weighted by atomic mass is 32.1. The summed E-state index contributed by atoms with van der Waals surface area (Å²) in [6.07, 6.45) is 9.43. The third kappa shape index (κ3) is 3.00. The predicted octanol–water partition coefficient (Wildman–Crippen LogP) is 2.97. The molecule has 2 aromatic rings. The van der Waals surface area contributed by atoms with E-state index in [1.165, 1.54) is 11.3 Å². The Bertz CT molecular complexity index is 637. The van der Waals surface area contributed by atoms with Crippen molar-refractivity contribution < 1.29 is 4.42 Å². The molecule has 1 atom stereocenters. The van der Waals surface area contributed by atoms with Gasteiger partial charge < -0.3 is 4.42 Å². The van der Waals surface area contributed by atoms with E-state index in [9.17, 15) is 0 Å². The van der Waals surface area contributed by atoms with Gasteiger partial charge in [0.25, 0.3) is 5.89 Å². The molecule has 0 aliphatic rings. The van der Waals surface area contributed by atoms with Gasteiger partial charge in [-0.2, -0.15) is 0 Å². The van der Waals surface area contributed by atoms with Gasteiger partial charge >= 0.3 is 0 Å². The fourth-order valence-corrected chi connectivity index (χ4v) is 2.15. The molecule has 2 rings (SSSR count). The van der Waals surface area contributed by atoms with Crippen molar-refractivity contribution in [3.63, 3.8) is 0 Å². The maximum absolute atomic E-state index is 5.29. The van der Waals surface area contributed by atoms with Crippen LogP contribution in [0.5, 0.6) is 0 Å². The topological polar surface area (TPSA) is 38.9 Å². The Kier molecular flexibility index (Phi) is 3.82. The van der Waals surface area contributed by atoms with E-state index in [4.69, 9.17) is 10.8 Å². The van der Waals surface area contributed by atoms with Crippen LogP contribution < -0.4 is 0 Å². The molecule has 2 aromatic heterocycles. The predicted molar refractivity (Wildman–Crippen MR) is 71.2 cm³/mol. The smallest absolute Gasteiger partial charge is 0.273 e. The van der Waals surface area contributed by atoms with Crippen LogP contribution in [0.4, 0.5) is 0 Å². The molecule has 0 saturated carbocycles. The Morgan fingerprint density at radius 3 is 3.00 bits per heavy atom. The standard InChI is InChI=1S/C14H12N2OS/c1-4-14-15-8-12(18-14)10(2)6-5-7-13-16-11(3)9-17-13/h1,8-10H,6H2,2-3H3. The van der Waals surface area contributed by atoms with E-state index in [0.717, 1.165) is 17.0 Å². The number of terminal acetylenes is 1. The van der Waals surface area contributed by atoms with Crippen molar-refractivity contribution >= 4 is 11.3 Å². The maximum atomic E-state index is 5.29. The number of thiazole rings is 1. The molecule has 0 aromatic carbocycles. The van der Waals surface area contributed by atoms with Gasteiger partial charge in [-0.1, -0.05) is 12.8 Å². The van der Waals surface area contributed by atoms with Gasteiger partial charge in [-0.05, 0) is 18.8 Å². The third-order valence-electron chi connectivity index (χ3n) is 2.36. The lowest BCUT2D eigenvalue weighted by atomic mass is 10.1. The lowest BCUT2D eigenvalue weighted by Gasteiger charge is -2.01. The molecule has 0 aliphatic heterocycles. The van der Waals surface area contributed by atoms with Gasteiger partial charge in [-0.25, -0.2) is 9.97 Å². The molecule has 90 valence electrons. The van der Waals surface area contributed by atoms with Crippen LogP contribution in [0.25, 0.3) is 0 Å². The van der Waals surface area contributed by atoms with E-state index < -0.39 is 0 Å². The minimum atomic E-state index is 0.313. The Morgan fingerprint density at radius 1 is 1.56 bits per heavy atom. The number of nitrogens with zero attached hydrogens (tertiary/aromatic N) is 2. The first-order valence-electron chi connectivity index (χ1n) is 5.52. The molecule has 0 aliphatic carbocycles. The van der Waals surface area contributed by atoms with Crippen LogP contribution in [0.2, 0.25) is 0 Å². The van der Waals surface area contributed by atoms with Crippen LogP contribution in [0.3, 0.4) is 0 Å². The first-order chi connectivity index (χ1) is 8.69. The monoisotopic (exact) mass is 256 g/mol. The molecular formula is C14H12N2OS. The lowest BCUT2D eigenvalue weighted by Crippen LogP contribution is -1.87. The molecule has 0 N–H and O–H groups in total. The van der Waals surface area contributed by atoms with Crippen molar-refractivity contribution in [2.45, 2.75) is 26.2 Å². The Hall–Kier alpha value is -2.04. The molecule has 0 bridgehead atoms. The molecule has 2 heterocycles. The molecule has 0 radical (unpaired) electrons. The molecule has 0 fully saturated rings. The fraction of sp³-hybridized carbons (Fsp3) is 0.286. The van der Waals surface area contributed by atoms with Gasteiger partial charge in [0.2, 0.25) is 0 Å². The zero-order chi connectivity index (χ0) is 13.0. The molecule has 0 amide bonds. The summed E-state index contributed by atoms with van der Waals surface area (Å²) in [4.78, 5) is 9.40. The second kappa shape index (κ2) is 5.53. The Balaban J connectivity index is 1.98. The van der Waals surface area contributed by atoms with Crippen molar-refractivity contribution in [2.24, 2.45) is 0 Å². The summed E-state index contributed by atoms with van der Waals surface area (Å²) in [5.74, 6) is 9.28. The van der Waals surface area contributed by atoms with Crippen LogP contribution in [0, 0.1) is 31.1 Å². The maximum Gasteiger partial charge on any atom is 0.273 e. The SMILES string of the molecule is C#Cc1ncc(C(C)CC#Cc2nc(C)co2)s1. The van der Waals surface area contributed by atoms with Crippen molar-refractivity contribution in [2.75, 3.05) is 0 Å². The van der Waals surface area contributed by atoms with Gasteiger partial charge in [-0.3, -0.25) is 0 Å². The van der Waals surface area contributed by atoms with E-state index in [0.29, 0.717) is 16.8 Å². The number of hydrogen-bond acceptors (Lipinski definition) is 4. The second-order valence-corrected chi connectivity index (χ2v) is 4.98. The number of aromatic nitrogens is 2. The Morgan fingerprint density at radius 2 is 2.39 bits per heavy atom. The lowest BCUT2D eigenvalue weighted by molar-refractivity contribution is 0.542. The Labute approximate surface area is 110 Å². The minimum absolute atomic E-state index is 0.313. The van der Waals surface area contributed by atoms with Crippen LogP contribution in [-0.2, 0) is 0 Å². The normalized spacial score (nSPS) is 11.4. The first kappa shape index (κ1) is 12.4. The third-order valence-corrected chi connectivity index (χ3v) is 3.52. The summed E-state index contributed by atoms with van der Waals surface area (Å²) >= 11 is 1.54. The molecule has 1 unspecified atom stereocenters. The summed E-state index contributed by atoms with van der Waals surface area (Å²) in [5.41, 5.74) is 0.841. The molecule has 0 saturated heterocycles. The van der Waals surface area contributed by atoms with E-state index in [1.54, 1.807) is 6.26 Å². The van der Waals surface area contributed by atoms with Gasteiger partial charge in [0, 0.05) is 23.4 Å².